The van der Waals surface area contributed by atoms with Crippen molar-refractivity contribution in [3.05, 3.63) is 23.4 Å². The normalized spacial score (nSPS) is 27.7. The molecule has 1 fully saturated rings. The van der Waals surface area contributed by atoms with Gasteiger partial charge >= 0.3 is 0 Å². The zero-order valence-corrected chi connectivity index (χ0v) is 14.3. The molecule has 21 heavy (non-hydrogen) atoms. The summed E-state index contributed by atoms with van der Waals surface area (Å²) in [5.41, 5.74) is 8.60. The lowest BCUT2D eigenvalue weighted by Crippen LogP contribution is -2.46. The van der Waals surface area contributed by atoms with E-state index in [4.69, 9.17) is 10.7 Å². The second-order valence-electron chi connectivity index (χ2n) is 7.07. The quantitative estimate of drug-likeness (QED) is 0.922. The predicted octanol–water partition coefficient (Wildman–Crippen LogP) is 3.54. The van der Waals surface area contributed by atoms with E-state index < -0.39 is 0 Å². The number of pyridine rings is 1. The first-order chi connectivity index (χ1) is 9.92. The van der Waals surface area contributed by atoms with Crippen LogP contribution in [0, 0.1) is 18.8 Å². The lowest BCUT2D eigenvalue weighted by molar-refractivity contribution is 0.295. The number of piperidine rings is 1. The van der Waals surface area contributed by atoms with E-state index in [2.05, 4.69) is 45.6 Å². The number of hydrogen-bond donors (Lipinski definition) is 1. The fourth-order valence-corrected chi connectivity index (χ4v) is 3.48. The van der Waals surface area contributed by atoms with Gasteiger partial charge in [0, 0.05) is 24.8 Å². The molecule has 1 aliphatic rings. The van der Waals surface area contributed by atoms with Gasteiger partial charge in [0.2, 0.25) is 0 Å². The Morgan fingerprint density at radius 3 is 2.71 bits per heavy atom. The molecule has 0 amide bonds. The van der Waals surface area contributed by atoms with Crippen molar-refractivity contribution < 1.29 is 0 Å². The summed E-state index contributed by atoms with van der Waals surface area (Å²) < 4.78 is 0. The molecule has 2 rings (SSSR count). The highest BCUT2D eigenvalue weighted by Crippen LogP contribution is 2.32. The van der Waals surface area contributed by atoms with Gasteiger partial charge in [0.1, 0.15) is 5.82 Å². The molecular formula is C18H31N3. The van der Waals surface area contributed by atoms with Crippen LogP contribution < -0.4 is 10.6 Å². The Hall–Kier alpha value is -1.09. The van der Waals surface area contributed by atoms with Gasteiger partial charge in [0.25, 0.3) is 0 Å². The van der Waals surface area contributed by atoms with Gasteiger partial charge in [0.05, 0.1) is 0 Å². The van der Waals surface area contributed by atoms with E-state index in [1.807, 2.05) is 6.20 Å². The van der Waals surface area contributed by atoms with Crippen molar-refractivity contribution in [1.29, 1.82) is 0 Å². The van der Waals surface area contributed by atoms with Crippen LogP contribution in [0.3, 0.4) is 0 Å². The van der Waals surface area contributed by atoms with Crippen molar-refractivity contribution in [3.8, 4) is 0 Å². The molecule has 118 valence electrons. The van der Waals surface area contributed by atoms with Crippen LogP contribution >= 0.6 is 0 Å². The van der Waals surface area contributed by atoms with E-state index in [-0.39, 0.29) is 6.04 Å². The zero-order valence-electron chi connectivity index (χ0n) is 14.3. The van der Waals surface area contributed by atoms with Crippen LogP contribution in [-0.4, -0.2) is 23.6 Å². The van der Waals surface area contributed by atoms with E-state index in [1.165, 1.54) is 17.5 Å². The molecule has 1 aromatic rings. The number of nitrogens with zero attached hydrogens (tertiary/aromatic N) is 2. The molecule has 2 N–H and O–H groups in total. The molecule has 2 heterocycles. The summed E-state index contributed by atoms with van der Waals surface area (Å²) in [6.07, 6.45) is 5.28. The van der Waals surface area contributed by atoms with E-state index >= 15 is 0 Å². The molecule has 1 aromatic heterocycles. The molecule has 3 nitrogen and oxygen atoms in total. The number of aromatic nitrogens is 1. The first kappa shape index (κ1) is 16.3. The molecule has 0 aliphatic carbocycles. The summed E-state index contributed by atoms with van der Waals surface area (Å²) in [5, 5.41) is 0. The molecule has 3 heteroatoms. The van der Waals surface area contributed by atoms with Crippen molar-refractivity contribution in [3.63, 3.8) is 0 Å². The van der Waals surface area contributed by atoms with Gasteiger partial charge in [-0.25, -0.2) is 4.98 Å². The van der Waals surface area contributed by atoms with E-state index in [9.17, 15) is 0 Å². The lowest BCUT2D eigenvalue weighted by atomic mass is 9.86. The second-order valence-corrected chi connectivity index (χ2v) is 7.07. The highest BCUT2D eigenvalue weighted by atomic mass is 15.2. The predicted molar refractivity (Wildman–Crippen MR) is 90.7 cm³/mol. The number of anilines is 1. The van der Waals surface area contributed by atoms with Crippen molar-refractivity contribution in [2.75, 3.05) is 11.4 Å². The highest BCUT2D eigenvalue weighted by molar-refractivity contribution is 5.49. The minimum atomic E-state index is 0.242. The maximum absolute atomic E-state index is 6.06. The third kappa shape index (κ3) is 3.76. The maximum atomic E-state index is 6.06. The molecule has 1 aliphatic heterocycles. The SMILES string of the molecule is CCC(N)Cc1cnc(N2CC(C)CC(C)C2C)c(C)c1. The zero-order chi connectivity index (χ0) is 15.6. The van der Waals surface area contributed by atoms with Crippen LogP contribution in [0.5, 0.6) is 0 Å². The van der Waals surface area contributed by atoms with Crippen molar-refractivity contribution >= 4 is 5.82 Å². The molecular weight excluding hydrogens is 258 g/mol. The minimum Gasteiger partial charge on any atom is -0.353 e. The summed E-state index contributed by atoms with van der Waals surface area (Å²) in [5.74, 6) is 2.63. The summed E-state index contributed by atoms with van der Waals surface area (Å²) in [6.45, 7) is 12.5. The van der Waals surface area contributed by atoms with Crippen LogP contribution in [0.2, 0.25) is 0 Å². The highest BCUT2D eigenvalue weighted by Gasteiger charge is 2.30. The molecule has 0 saturated carbocycles. The standard InChI is InChI=1S/C18H31N3/c1-6-17(19)9-16-8-14(4)18(20-10-16)21-11-12(2)7-13(3)15(21)5/h8,10,12-13,15,17H,6-7,9,11,19H2,1-5H3. The van der Waals surface area contributed by atoms with Crippen LogP contribution in [0.4, 0.5) is 5.82 Å². The maximum Gasteiger partial charge on any atom is 0.131 e. The summed E-state index contributed by atoms with van der Waals surface area (Å²) in [6, 6.07) is 3.08. The average Bonchev–Trinajstić information content (AvgIpc) is 2.43. The molecule has 0 radical (unpaired) electrons. The average molecular weight is 289 g/mol. The first-order valence-corrected chi connectivity index (χ1v) is 8.40. The smallest absolute Gasteiger partial charge is 0.131 e. The molecule has 1 saturated heterocycles. The van der Waals surface area contributed by atoms with Crippen molar-refractivity contribution in [2.24, 2.45) is 17.6 Å². The Bertz CT molecular complexity index is 472. The number of aryl methyl sites for hydroxylation is 1. The first-order valence-electron chi connectivity index (χ1n) is 8.40. The summed E-state index contributed by atoms with van der Waals surface area (Å²) in [7, 11) is 0. The van der Waals surface area contributed by atoms with Gasteiger partial charge in [-0.3, -0.25) is 0 Å². The fraction of sp³-hybridized carbons (Fsp3) is 0.722. The summed E-state index contributed by atoms with van der Waals surface area (Å²) >= 11 is 0. The number of nitrogens with two attached hydrogens (primary N) is 1. The van der Waals surface area contributed by atoms with Crippen LogP contribution in [0.15, 0.2) is 12.3 Å². The molecule has 0 aromatic carbocycles. The Morgan fingerprint density at radius 1 is 1.38 bits per heavy atom. The fourth-order valence-electron chi connectivity index (χ4n) is 3.48. The Labute approximate surface area is 129 Å². The van der Waals surface area contributed by atoms with E-state index in [0.717, 1.165) is 37.0 Å². The molecule has 0 bridgehead atoms. The Morgan fingerprint density at radius 2 is 2.10 bits per heavy atom. The third-order valence-corrected chi connectivity index (χ3v) is 5.00. The van der Waals surface area contributed by atoms with Crippen LogP contribution in [0.25, 0.3) is 0 Å². The number of rotatable bonds is 4. The van der Waals surface area contributed by atoms with Gasteiger partial charge in [-0.2, -0.15) is 0 Å². The molecule has 4 unspecified atom stereocenters. The molecule has 0 spiro atoms. The lowest BCUT2D eigenvalue weighted by Gasteiger charge is -2.42. The summed E-state index contributed by atoms with van der Waals surface area (Å²) in [4.78, 5) is 7.28. The monoisotopic (exact) mass is 289 g/mol. The van der Waals surface area contributed by atoms with E-state index in [1.54, 1.807) is 0 Å². The minimum absolute atomic E-state index is 0.242. The number of hydrogen-bond acceptors (Lipinski definition) is 3. The van der Waals surface area contributed by atoms with Gasteiger partial charge in [0.15, 0.2) is 0 Å². The van der Waals surface area contributed by atoms with Crippen molar-refractivity contribution in [1.82, 2.24) is 4.98 Å². The third-order valence-electron chi connectivity index (χ3n) is 5.00. The van der Waals surface area contributed by atoms with E-state index in [0.29, 0.717) is 6.04 Å². The molecule has 4 atom stereocenters. The van der Waals surface area contributed by atoms with Gasteiger partial charge in [-0.05, 0) is 56.1 Å². The largest absolute Gasteiger partial charge is 0.353 e. The Kier molecular flexibility index (Phi) is 5.26. The second kappa shape index (κ2) is 6.78. The van der Waals surface area contributed by atoms with Crippen LogP contribution in [-0.2, 0) is 6.42 Å². The van der Waals surface area contributed by atoms with Gasteiger partial charge in [-0.15, -0.1) is 0 Å². The van der Waals surface area contributed by atoms with Crippen LogP contribution in [0.1, 0.15) is 51.7 Å². The van der Waals surface area contributed by atoms with Gasteiger partial charge in [-0.1, -0.05) is 26.8 Å². The topological polar surface area (TPSA) is 42.1 Å². The van der Waals surface area contributed by atoms with Crippen molar-refractivity contribution in [2.45, 2.75) is 66.0 Å². The Balaban J connectivity index is 2.20. The van der Waals surface area contributed by atoms with Gasteiger partial charge < -0.3 is 10.6 Å².